The van der Waals surface area contributed by atoms with E-state index in [1.807, 2.05) is 0 Å². The largest absolute Gasteiger partial charge is 0.300 e. The summed E-state index contributed by atoms with van der Waals surface area (Å²) in [7, 11) is 0. The quantitative estimate of drug-likeness (QED) is 0.0887. The molecule has 1 heterocycles. The Labute approximate surface area is 216 Å². The highest BCUT2D eigenvalue weighted by Gasteiger charge is 2.20. The van der Waals surface area contributed by atoms with E-state index in [9.17, 15) is 0 Å². The van der Waals surface area contributed by atoms with Crippen LogP contribution in [0, 0.1) is 0 Å². The lowest BCUT2D eigenvalue weighted by molar-refractivity contribution is 0.209. The Hall–Kier alpha value is -0.300. The van der Waals surface area contributed by atoms with Crippen molar-refractivity contribution in [2.75, 3.05) is 13.1 Å². The first-order valence-electron chi connectivity index (χ1n) is 16.3. The predicted molar refractivity (Wildman–Crippen MR) is 156 cm³/mol. The maximum Gasteiger partial charge on any atom is 0.00952 e. The minimum atomic E-state index is 0.904. The van der Waals surface area contributed by atoms with Gasteiger partial charge in [-0.1, -0.05) is 142 Å². The van der Waals surface area contributed by atoms with E-state index in [2.05, 4.69) is 30.9 Å². The van der Waals surface area contributed by atoms with Gasteiger partial charge in [0.2, 0.25) is 0 Å². The summed E-state index contributed by atoms with van der Waals surface area (Å²) < 4.78 is 0. The monoisotopic (exact) mass is 476 g/mol. The number of unbranched alkanes of at least 4 members (excludes halogenated alkanes) is 19. The molecule has 0 spiro atoms. The van der Waals surface area contributed by atoms with Gasteiger partial charge in [0.05, 0.1) is 0 Å². The van der Waals surface area contributed by atoms with Crippen molar-refractivity contribution in [3.8, 4) is 0 Å². The van der Waals surface area contributed by atoms with Gasteiger partial charge < -0.3 is 4.90 Å². The topological polar surface area (TPSA) is 3.24 Å². The van der Waals surface area contributed by atoms with Gasteiger partial charge in [-0.3, -0.25) is 0 Å². The minimum absolute atomic E-state index is 0.904. The van der Waals surface area contributed by atoms with E-state index in [4.69, 9.17) is 0 Å². The fourth-order valence-electron chi connectivity index (χ4n) is 5.76. The second-order valence-corrected chi connectivity index (χ2v) is 11.4. The fourth-order valence-corrected chi connectivity index (χ4v) is 5.76. The van der Waals surface area contributed by atoms with Crippen LogP contribution >= 0.6 is 0 Å². The molecule has 1 heteroatoms. The molecule has 1 atom stereocenters. The van der Waals surface area contributed by atoms with Crippen LogP contribution in [-0.4, -0.2) is 24.0 Å². The van der Waals surface area contributed by atoms with E-state index in [0.29, 0.717) is 0 Å². The molecule has 0 amide bonds. The van der Waals surface area contributed by atoms with Gasteiger partial charge in [-0.25, -0.2) is 0 Å². The van der Waals surface area contributed by atoms with Crippen LogP contribution in [0.15, 0.2) is 12.2 Å². The summed E-state index contributed by atoms with van der Waals surface area (Å²) in [4.78, 5) is 2.84. The SMILES string of the molecule is CCCCCCCC/C=C\CCCCCCCCCC(CCCCCCCCC)N1CCCC1. The van der Waals surface area contributed by atoms with Crippen LogP contribution < -0.4 is 0 Å². The molecule has 0 saturated carbocycles. The van der Waals surface area contributed by atoms with Crippen LogP contribution in [0.1, 0.15) is 181 Å². The van der Waals surface area contributed by atoms with Crippen molar-refractivity contribution in [1.29, 1.82) is 0 Å². The highest BCUT2D eigenvalue weighted by Crippen LogP contribution is 2.22. The lowest BCUT2D eigenvalue weighted by Gasteiger charge is -2.27. The average Bonchev–Trinajstić information content (AvgIpc) is 3.39. The fraction of sp³-hybridized carbons (Fsp3) is 0.939. The van der Waals surface area contributed by atoms with E-state index >= 15 is 0 Å². The predicted octanol–water partition coefficient (Wildman–Crippen LogP) is 11.4. The van der Waals surface area contributed by atoms with E-state index in [1.165, 1.54) is 180 Å². The second-order valence-electron chi connectivity index (χ2n) is 11.4. The molecular weight excluding hydrogens is 410 g/mol. The summed E-state index contributed by atoms with van der Waals surface area (Å²) in [5.74, 6) is 0. The summed E-state index contributed by atoms with van der Waals surface area (Å²) in [5, 5.41) is 0. The minimum Gasteiger partial charge on any atom is -0.300 e. The molecule has 0 aromatic carbocycles. The molecule has 0 aromatic rings. The summed E-state index contributed by atoms with van der Waals surface area (Å²) in [6.45, 7) is 7.38. The molecule has 1 rings (SSSR count). The average molecular weight is 476 g/mol. The zero-order valence-electron chi connectivity index (χ0n) is 24.0. The number of allylic oxidation sites excluding steroid dienone is 2. The van der Waals surface area contributed by atoms with E-state index in [0.717, 1.165) is 6.04 Å². The second kappa shape index (κ2) is 25.8. The molecule has 0 radical (unpaired) electrons. The van der Waals surface area contributed by atoms with Crippen LogP contribution in [0.25, 0.3) is 0 Å². The van der Waals surface area contributed by atoms with Crippen molar-refractivity contribution < 1.29 is 0 Å². The first-order valence-corrected chi connectivity index (χ1v) is 16.3. The highest BCUT2D eigenvalue weighted by atomic mass is 15.2. The molecule has 0 aromatic heterocycles. The molecule has 0 bridgehead atoms. The third kappa shape index (κ3) is 19.9. The molecule has 202 valence electrons. The molecular formula is C33H65N. The van der Waals surface area contributed by atoms with Crippen molar-refractivity contribution in [2.45, 2.75) is 187 Å². The van der Waals surface area contributed by atoms with Gasteiger partial charge in [0, 0.05) is 6.04 Å². The smallest absolute Gasteiger partial charge is 0.00952 e. The first kappa shape index (κ1) is 31.7. The van der Waals surface area contributed by atoms with Gasteiger partial charge in [-0.2, -0.15) is 0 Å². The molecule has 1 aliphatic heterocycles. The molecule has 34 heavy (non-hydrogen) atoms. The molecule has 0 aliphatic carbocycles. The Kier molecular flexibility index (Phi) is 24.1. The maximum absolute atomic E-state index is 2.84. The van der Waals surface area contributed by atoms with Crippen LogP contribution in [-0.2, 0) is 0 Å². The van der Waals surface area contributed by atoms with Gasteiger partial charge in [-0.15, -0.1) is 0 Å². The van der Waals surface area contributed by atoms with Gasteiger partial charge in [-0.05, 0) is 64.5 Å². The number of nitrogens with zero attached hydrogens (tertiary/aromatic N) is 1. The Morgan fingerprint density at radius 3 is 1.24 bits per heavy atom. The van der Waals surface area contributed by atoms with Gasteiger partial charge in [0.25, 0.3) is 0 Å². The van der Waals surface area contributed by atoms with E-state index < -0.39 is 0 Å². The van der Waals surface area contributed by atoms with Gasteiger partial charge in [0.1, 0.15) is 0 Å². The lowest BCUT2D eigenvalue weighted by atomic mass is 9.98. The summed E-state index contributed by atoms with van der Waals surface area (Å²) in [6.07, 6.45) is 42.2. The summed E-state index contributed by atoms with van der Waals surface area (Å²) >= 11 is 0. The van der Waals surface area contributed by atoms with E-state index in [-0.39, 0.29) is 0 Å². The van der Waals surface area contributed by atoms with Crippen molar-refractivity contribution in [3.63, 3.8) is 0 Å². The third-order valence-corrected chi connectivity index (χ3v) is 8.10. The molecule has 1 aliphatic rings. The summed E-state index contributed by atoms with van der Waals surface area (Å²) in [5.41, 5.74) is 0. The molecule has 1 saturated heterocycles. The van der Waals surface area contributed by atoms with Crippen LogP contribution in [0.3, 0.4) is 0 Å². The molecule has 0 N–H and O–H groups in total. The van der Waals surface area contributed by atoms with E-state index in [1.54, 1.807) is 0 Å². The first-order chi connectivity index (χ1) is 16.9. The number of likely N-dealkylation sites (tertiary alicyclic amines) is 1. The zero-order chi connectivity index (χ0) is 24.4. The maximum atomic E-state index is 2.84. The van der Waals surface area contributed by atoms with Crippen molar-refractivity contribution in [3.05, 3.63) is 12.2 Å². The molecule has 1 fully saturated rings. The van der Waals surface area contributed by atoms with Crippen molar-refractivity contribution in [2.24, 2.45) is 0 Å². The van der Waals surface area contributed by atoms with Crippen molar-refractivity contribution >= 4 is 0 Å². The van der Waals surface area contributed by atoms with Crippen LogP contribution in [0.2, 0.25) is 0 Å². The van der Waals surface area contributed by atoms with Crippen LogP contribution in [0.5, 0.6) is 0 Å². The van der Waals surface area contributed by atoms with Crippen molar-refractivity contribution in [1.82, 2.24) is 4.90 Å². The molecule has 1 unspecified atom stereocenters. The number of rotatable bonds is 26. The Balaban J connectivity index is 1.92. The number of hydrogen-bond acceptors (Lipinski definition) is 1. The Morgan fingerprint density at radius 2 is 0.824 bits per heavy atom. The molecule has 1 nitrogen and oxygen atoms in total. The van der Waals surface area contributed by atoms with Crippen LogP contribution in [0.4, 0.5) is 0 Å². The Morgan fingerprint density at radius 1 is 0.471 bits per heavy atom. The van der Waals surface area contributed by atoms with Gasteiger partial charge in [0.15, 0.2) is 0 Å². The standard InChI is InChI=1S/C33H65N/c1-3-5-7-9-11-12-13-14-15-16-17-18-19-20-22-24-26-30-33(34-31-27-28-32-34)29-25-23-21-10-8-6-4-2/h14-15,33H,3-13,16-32H2,1-2H3/b15-14-. The third-order valence-electron chi connectivity index (χ3n) is 8.10. The lowest BCUT2D eigenvalue weighted by Crippen LogP contribution is -2.32. The van der Waals surface area contributed by atoms with Gasteiger partial charge >= 0.3 is 0 Å². The number of hydrogen-bond donors (Lipinski definition) is 0. The Bertz CT molecular complexity index is 409. The highest BCUT2D eigenvalue weighted by molar-refractivity contribution is 4.81. The zero-order valence-corrected chi connectivity index (χ0v) is 24.0. The summed E-state index contributed by atoms with van der Waals surface area (Å²) in [6, 6.07) is 0.904. The normalized spacial score (nSPS) is 15.6.